The van der Waals surface area contributed by atoms with Crippen molar-refractivity contribution >= 4 is 0 Å². The van der Waals surface area contributed by atoms with Gasteiger partial charge in [0.25, 0.3) is 0 Å². The zero-order valence-electron chi connectivity index (χ0n) is 9.96. The highest BCUT2D eigenvalue weighted by Crippen LogP contribution is 2.18. The van der Waals surface area contributed by atoms with Gasteiger partial charge in [0.1, 0.15) is 0 Å². The summed E-state index contributed by atoms with van der Waals surface area (Å²) in [5.74, 6) is 0.590. The van der Waals surface area contributed by atoms with Crippen LogP contribution in [0.4, 0.5) is 0 Å². The maximum absolute atomic E-state index is 6.07. The molecule has 0 heterocycles. The van der Waals surface area contributed by atoms with Gasteiger partial charge in [0.2, 0.25) is 0 Å². The summed E-state index contributed by atoms with van der Waals surface area (Å²) < 4.78 is 0. The van der Waals surface area contributed by atoms with Gasteiger partial charge in [0.05, 0.1) is 0 Å². The molecule has 15 heavy (non-hydrogen) atoms. The van der Waals surface area contributed by atoms with Gasteiger partial charge >= 0.3 is 0 Å². The zero-order chi connectivity index (χ0) is 11.3. The first-order chi connectivity index (χ1) is 7.15. The van der Waals surface area contributed by atoms with Gasteiger partial charge in [-0.15, -0.1) is 0 Å². The Morgan fingerprint density at radius 2 is 1.67 bits per heavy atom. The smallest absolute Gasteiger partial charge is 0.0306 e. The van der Waals surface area contributed by atoms with E-state index in [0.29, 0.717) is 5.92 Å². The van der Waals surface area contributed by atoms with Crippen molar-refractivity contribution in [2.75, 3.05) is 13.6 Å². The topological polar surface area (TPSA) is 38.0 Å². The van der Waals surface area contributed by atoms with E-state index in [0.717, 1.165) is 13.0 Å². The number of hydrogen-bond acceptors (Lipinski definition) is 2. The fourth-order valence-electron chi connectivity index (χ4n) is 1.59. The summed E-state index contributed by atoms with van der Waals surface area (Å²) in [6, 6.07) is 8.81. The van der Waals surface area contributed by atoms with Crippen LogP contribution in [0.3, 0.4) is 0 Å². The van der Waals surface area contributed by atoms with Crippen molar-refractivity contribution in [3.63, 3.8) is 0 Å². The maximum Gasteiger partial charge on any atom is 0.0306 e. The lowest BCUT2D eigenvalue weighted by Gasteiger charge is -2.13. The largest absolute Gasteiger partial charge is 0.324 e. The normalized spacial score (nSPS) is 13.1. The Bertz CT molecular complexity index is 277. The quantitative estimate of drug-likeness (QED) is 0.776. The minimum Gasteiger partial charge on any atom is -0.324 e. The number of nitrogens with two attached hydrogens (primary N) is 1. The van der Waals surface area contributed by atoms with Crippen LogP contribution < -0.4 is 11.1 Å². The van der Waals surface area contributed by atoms with Gasteiger partial charge < -0.3 is 11.1 Å². The van der Waals surface area contributed by atoms with Crippen LogP contribution >= 0.6 is 0 Å². The van der Waals surface area contributed by atoms with Crippen molar-refractivity contribution in [3.05, 3.63) is 35.4 Å². The van der Waals surface area contributed by atoms with E-state index in [1.807, 2.05) is 7.05 Å². The van der Waals surface area contributed by atoms with Crippen LogP contribution in [-0.4, -0.2) is 13.6 Å². The Balaban J connectivity index is 2.62. The molecule has 0 spiro atoms. The average molecular weight is 206 g/mol. The molecule has 0 radical (unpaired) electrons. The molecule has 0 saturated heterocycles. The Morgan fingerprint density at radius 1 is 1.13 bits per heavy atom. The van der Waals surface area contributed by atoms with Gasteiger partial charge in [-0.25, -0.2) is 0 Å². The molecule has 1 aromatic carbocycles. The molecular weight excluding hydrogens is 184 g/mol. The molecule has 84 valence electrons. The molecule has 0 fully saturated rings. The number of rotatable bonds is 5. The maximum atomic E-state index is 6.07. The molecule has 1 unspecified atom stereocenters. The van der Waals surface area contributed by atoms with E-state index in [4.69, 9.17) is 5.73 Å². The van der Waals surface area contributed by atoms with E-state index >= 15 is 0 Å². The summed E-state index contributed by atoms with van der Waals surface area (Å²) in [6.45, 7) is 5.37. The van der Waals surface area contributed by atoms with Crippen molar-refractivity contribution in [2.24, 2.45) is 5.73 Å². The molecule has 2 heteroatoms. The minimum absolute atomic E-state index is 0.152. The van der Waals surface area contributed by atoms with E-state index in [9.17, 15) is 0 Å². The average Bonchev–Trinajstić information content (AvgIpc) is 2.26. The highest BCUT2D eigenvalue weighted by Gasteiger charge is 2.05. The third kappa shape index (κ3) is 3.65. The third-order valence-electron chi connectivity index (χ3n) is 2.74. The van der Waals surface area contributed by atoms with E-state index in [-0.39, 0.29) is 6.04 Å². The van der Waals surface area contributed by atoms with Crippen molar-refractivity contribution in [2.45, 2.75) is 32.2 Å². The van der Waals surface area contributed by atoms with Crippen LogP contribution in [0.25, 0.3) is 0 Å². The Labute approximate surface area is 92.9 Å². The Morgan fingerprint density at radius 3 is 2.13 bits per heavy atom. The predicted molar refractivity (Wildman–Crippen MR) is 66.0 cm³/mol. The van der Waals surface area contributed by atoms with E-state index in [2.05, 4.69) is 43.4 Å². The first-order valence-corrected chi connectivity index (χ1v) is 5.65. The third-order valence-corrected chi connectivity index (χ3v) is 2.74. The molecule has 2 nitrogen and oxygen atoms in total. The highest BCUT2D eigenvalue weighted by atomic mass is 14.8. The molecule has 1 aromatic rings. The SMILES string of the molecule is CNCCC(N)c1ccc(C(C)C)cc1. The van der Waals surface area contributed by atoms with Gasteiger partial charge in [-0.05, 0) is 37.1 Å². The van der Waals surface area contributed by atoms with E-state index in [1.165, 1.54) is 11.1 Å². The van der Waals surface area contributed by atoms with Crippen molar-refractivity contribution in [1.82, 2.24) is 5.32 Å². The van der Waals surface area contributed by atoms with Gasteiger partial charge in [0, 0.05) is 6.04 Å². The first kappa shape index (κ1) is 12.2. The molecule has 0 aliphatic rings. The standard InChI is InChI=1S/C13H22N2/c1-10(2)11-4-6-12(7-5-11)13(14)8-9-15-3/h4-7,10,13,15H,8-9,14H2,1-3H3. The Hall–Kier alpha value is -0.860. The molecule has 0 saturated carbocycles. The minimum atomic E-state index is 0.152. The monoisotopic (exact) mass is 206 g/mol. The molecule has 0 bridgehead atoms. The molecule has 0 aliphatic carbocycles. The molecule has 3 N–H and O–H groups in total. The van der Waals surface area contributed by atoms with Crippen LogP contribution in [0, 0.1) is 0 Å². The van der Waals surface area contributed by atoms with Crippen molar-refractivity contribution in [3.8, 4) is 0 Å². The first-order valence-electron chi connectivity index (χ1n) is 5.65. The summed E-state index contributed by atoms with van der Waals surface area (Å²) in [6.07, 6.45) is 0.984. The lowest BCUT2D eigenvalue weighted by Crippen LogP contribution is -2.17. The fraction of sp³-hybridized carbons (Fsp3) is 0.538. The number of nitrogens with one attached hydrogen (secondary N) is 1. The Kier molecular flexibility index (Phi) is 4.79. The van der Waals surface area contributed by atoms with Gasteiger partial charge in [-0.1, -0.05) is 38.1 Å². The van der Waals surface area contributed by atoms with Crippen molar-refractivity contribution in [1.29, 1.82) is 0 Å². The number of benzene rings is 1. The fourth-order valence-corrected chi connectivity index (χ4v) is 1.59. The van der Waals surface area contributed by atoms with Crippen LogP contribution in [-0.2, 0) is 0 Å². The molecule has 0 aromatic heterocycles. The highest BCUT2D eigenvalue weighted by molar-refractivity contribution is 5.26. The summed E-state index contributed by atoms with van der Waals surface area (Å²) in [4.78, 5) is 0. The van der Waals surface area contributed by atoms with Crippen molar-refractivity contribution < 1.29 is 0 Å². The molecule has 0 amide bonds. The molecule has 0 aliphatic heterocycles. The van der Waals surface area contributed by atoms with Crippen LogP contribution in [0.15, 0.2) is 24.3 Å². The van der Waals surface area contributed by atoms with Crippen LogP contribution in [0.5, 0.6) is 0 Å². The number of hydrogen-bond donors (Lipinski definition) is 2. The van der Waals surface area contributed by atoms with E-state index < -0.39 is 0 Å². The second-order valence-corrected chi connectivity index (χ2v) is 4.32. The van der Waals surface area contributed by atoms with Crippen LogP contribution in [0.1, 0.15) is 43.4 Å². The summed E-state index contributed by atoms with van der Waals surface area (Å²) in [7, 11) is 1.95. The molecule has 1 rings (SSSR count). The summed E-state index contributed by atoms with van der Waals surface area (Å²) in [5, 5.41) is 3.12. The second-order valence-electron chi connectivity index (χ2n) is 4.32. The molecule has 1 atom stereocenters. The van der Waals surface area contributed by atoms with E-state index in [1.54, 1.807) is 0 Å². The predicted octanol–water partition coefficient (Wildman–Crippen LogP) is 2.42. The summed E-state index contributed by atoms with van der Waals surface area (Å²) in [5.41, 5.74) is 8.67. The lowest BCUT2D eigenvalue weighted by molar-refractivity contribution is 0.615. The molecular formula is C13H22N2. The zero-order valence-corrected chi connectivity index (χ0v) is 9.96. The second kappa shape index (κ2) is 5.89. The van der Waals surface area contributed by atoms with Gasteiger partial charge in [-0.2, -0.15) is 0 Å². The summed E-state index contributed by atoms with van der Waals surface area (Å²) >= 11 is 0. The lowest BCUT2D eigenvalue weighted by atomic mass is 9.98. The van der Waals surface area contributed by atoms with Gasteiger partial charge in [0.15, 0.2) is 0 Å². The van der Waals surface area contributed by atoms with Gasteiger partial charge in [-0.3, -0.25) is 0 Å². The van der Waals surface area contributed by atoms with Crippen LogP contribution in [0.2, 0.25) is 0 Å².